The first-order chi connectivity index (χ1) is 18.8. The Hall–Kier alpha value is -3.54. The number of aromatic amines is 1. The number of aromatic nitrogens is 3. The highest BCUT2D eigenvalue weighted by Gasteiger charge is 2.32. The Labute approximate surface area is 228 Å². The fraction of sp³-hybridized carbons (Fsp3) is 0.333. The minimum absolute atomic E-state index is 0.0774. The lowest BCUT2D eigenvalue weighted by atomic mass is 10.0. The number of alkyl halides is 3. The summed E-state index contributed by atoms with van der Waals surface area (Å²) < 4.78 is 51.9. The third kappa shape index (κ3) is 8.47. The molecule has 0 aliphatic carbocycles. The molecule has 2 aromatic carbocycles. The zero-order chi connectivity index (χ0) is 27.7. The highest BCUT2D eigenvalue weighted by atomic mass is 35.5. The van der Waals surface area contributed by atoms with E-state index >= 15 is 0 Å². The van der Waals surface area contributed by atoms with Gasteiger partial charge >= 0.3 is 6.36 Å². The number of nitrogens with one attached hydrogen (secondary N) is 3. The van der Waals surface area contributed by atoms with Crippen LogP contribution in [0.1, 0.15) is 18.4 Å². The molecule has 3 N–H and O–H groups in total. The number of unbranched alkanes of at least 4 members (excludes halogenated alkanes) is 1. The van der Waals surface area contributed by atoms with Gasteiger partial charge in [-0.3, -0.25) is 5.10 Å². The molecule has 0 atom stereocenters. The van der Waals surface area contributed by atoms with Crippen molar-refractivity contribution in [3.05, 3.63) is 65.4 Å². The molecular formula is C27H29ClF3N5O3. The maximum absolute atomic E-state index is 12.3. The molecular weight excluding hydrogens is 535 g/mol. The zero-order valence-corrected chi connectivity index (χ0v) is 22.0. The van der Waals surface area contributed by atoms with Gasteiger partial charge in [-0.25, -0.2) is 4.98 Å². The molecule has 208 valence electrons. The summed E-state index contributed by atoms with van der Waals surface area (Å²) in [5, 5.41) is 14.8. The first-order valence-electron chi connectivity index (χ1n) is 12.4. The van der Waals surface area contributed by atoms with Gasteiger partial charge in [0.2, 0.25) is 5.88 Å². The molecule has 4 rings (SSSR count). The predicted octanol–water partition coefficient (Wildman–Crippen LogP) is 6.18. The van der Waals surface area contributed by atoms with E-state index in [1.807, 2.05) is 18.2 Å². The second-order valence-electron chi connectivity index (χ2n) is 8.68. The van der Waals surface area contributed by atoms with Gasteiger partial charge in [0.05, 0.1) is 30.5 Å². The van der Waals surface area contributed by atoms with Crippen molar-refractivity contribution in [2.24, 2.45) is 0 Å². The number of anilines is 1. The number of ether oxygens (including phenoxy) is 3. The van der Waals surface area contributed by atoms with Crippen molar-refractivity contribution in [1.82, 2.24) is 20.5 Å². The summed E-state index contributed by atoms with van der Waals surface area (Å²) in [4.78, 5) is 4.17. The Morgan fingerprint density at radius 1 is 1.00 bits per heavy atom. The van der Waals surface area contributed by atoms with Crippen LogP contribution in [-0.4, -0.2) is 55.0 Å². The highest BCUT2D eigenvalue weighted by Crippen LogP contribution is 2.32. The molecule has 2 heterocycles. The van der Waals surface area contributed by atoms with E-state index in [4.69, 9.17) is 21.1 Å². The van der Waals surface area contributed by atoms with Crippen LogP contribution in [0.3, 0.4) is 0 Å². The zero-order valence-electron chi connectivity index (χ0n) is 21.3. The predicted molar refractivity (Wildman–Crippen MR) is 144 cm³/mol. The van der Waals surface area contributed by atoms with E-state index in [1.165, 1.54) is 12.1 Å². The van der Waals surface area contributed by atoms with Gasteiger partial charge < -0.3 is 24.8 Å². The summed E-state index contributed by atoms with van der Waals surface area (Å²) in [5.74, 6) is 0.143. The van der Waals surface area contributed by atoms with Gasteiger partial charge in [0.15, 0.2) is 0 Å². The molecule has 0 radical (unpaired) electrons. The van der Waals surface area contributed by atoms with E-state index in [0.29, 0.717) is 32.2 Å². The van der Waals surface area contributed by atoms with Crippen LogP contribution in [0, 0.1) is 0 Å². The molecule has 0 aliphatic heterocycles. The van der Waals surface area contributed by atoms with Crippen LogP contribution in [-0.2, 0) is 11.3 Å². The lowest BCUT2D eigenvalue weighted by Crippen LogP contribution is -2.18. The Morgan fingerprint density at radius 2 is 1.87 bits per heavy atom. The first kappa shape index (κ1) is 28.5. The van der Waals surface area contributed by atoms with Crippen molar-refractivity contribution in [2.45, 2.75) is 25.7 Å². The lowest BCUT2D eigenvalue weighted by Gasteiger charge is -2.12. The van der Waals surface area contributed by atoms with E-state index in [9.17, 15) is 13.2 Å². The quantitative estimate of drug-likeness (QED) is 0.158. The second-order valence-corrected chi connectivity index (χ2v) is 9.08. The van der Waals surface area contributed by atoms with Crippen molar-refractivity contribution in [3.8, 4) is 22.8 Å². The molecule has 0 saturated heterocycles. The van der Waals surface area contributed by atoms with Gasteiger partial charge in [-0.05, 0) is 66.4 Å². The van der Waals surface area contributed by atoms with Crippen LogP contribution in [0.2, 0.25) is 5.02 Å². The largest absolute Gasteiger partial charge is 0.573 e. The number of pyridine rings is 1. The van der Waals surface area contributed by atoms with Crippen molar-refractivity contribution in [3.63, 3.8) is 0 Å². The summed E-state index contributed by atoms with van der Waals surface area (Å²) in [6.07, 6.45) is 0.502. The topological polar surface area (TPSA) is 93.3 Å². The smallest absolute Gasteiger partial charge is 0.481 e. The van der Waals surface area contributed by atoms with Crippen LogP contribution in [0.15, 0.2) is 54.9 Å². The highest BCUT2D eigenvalue weighted by molar-refractivity contribution is 6.32. The van der Waals surface area contributed by atoms with Crippen molar-refractivity contribution < 1.29 is 27.4 Å². The number of halogens is 4. The average Bonchev–Trinajstić information content (AvgIpc) is 3.39. The summed E-state index contributed by atoms with van der Waals surface area (Å²) in [5.41, 5.74) is 4.65. The van der Waals surface area contributed by atoms with Gasteiger partial charge in [-0.2, -0.15) is 5.10 Å². The van der Waals surface area contributed by atoms with Crippen molar-refractivity contribution in [1.29, 1.82) is 0 Å². The third-order valence-electron chi connectivity index (χ3n) is 5.84. The number of rotatable bonds is 14. The van der Waals surface area contributed by atoms with Crippen LogP contribution in [0.25, 0.3) is 22.0 Å². The SMILES string of the molecule is COc1cc(-c2cc(NCCOCCCCNCc3ccc(OC(F)(F)F)c(Cl)c3)c3cn[nH]c3c2)ccn1. The monoisotopic (exact) mass is 563 g/mol. The third-order valence-corrected chi connectivity index (χ3v) is 6.14. The Morgan fingerprint density at radius 3 is 2.67 bits per heavy atom. The number of benzene rings is 2. The van der Waals surface area contributed by atoms with E-state index in [1.54, 1.807) is 25.6 Å². The van der Waals surface area contributed by atoms with E-state index in [2.05, 4.69) is 36.6 Å². The van der Waals surface area contributed by atoms with E-state index < -0.39 is 12.1 Å². The van der Waals surface area contributed by atoms with Crippen LogP contribution in [0.5, 0.6) is 11.6 Å². The van der Waals surface area contributed by atoms with Gasteiger partial charge in [0.25, 0.3) is 0 Å². The fourth-order valence-corrected chi connectivity index (χ4v) is 4.22. The summed E-state index contributed by atoms with van der Waals surface area (Å²) >= 11 is 5.88. The molecule has 39 heavy (non-hydrogen) atoms. The number of H-pyrrole nitrogens is 1. The second kappa shape index (κ2) is 13.5. The van der Waals surface area contributed by atoms with Crippen molar-refractivity contribution >= 4 is 28.2 Å². The molecule has 4 aromatic rings. The molecule has 8 nitrogen and oxygen atoms in total. The Bertz CT molecular complexity index is 1370. The normalized spacial score (nSPS) is 11.6. The fourth-order valence-electron chi connectivity index (χ4n) is 3.97. The molecule has 12 heteroatoms. The minimum atomic E-state index is -4.77. The summed E-state index contributed by atoms with van der Waals surface area (Å²) in [6.45, 7) is 3.04. The maximum Gasteiger partial charge on any atom is 0.573 e. The molecule has 0 saturated carbocycles. The summed E-state index contributed by atoms with van der Waals surface area (Å²) in [6, 6.07) is 12.2. The molecule has 0 fully saturated rings. The van der Waals surface area contributed by atoms with Crippen LogP contribution < -0.4 is 20.1 Å². The Balaban J connectivity index is 1.14. The molecule has 0 spiro atoms. The molecule has 0 unspecified atom stereocenters. The average molecular weight is 564 g/mol. The van der Waals surface area contributed by atoms with Gasteiger partial charge in [-0.15, -0.1) is 13.2 Å². The first-order valence-corrected chi connectivity index (χ1v) is 12.7. The number of methoxy groups -OCH3 is 1. The lowest BCUT2D eigenvalue weighted by molar-refractivity contribution is -0.274. The summed E-state index contributed by atoms with van der Waals surface area (Å²) in [7, 11) is 1.59. The standard InChI is InChI=1S/C27H29ClF3N5O3/c1-37-26-15-19(6-8-34-26)20-13-23(21-17-35-36-24(21)14-20)33-9-11-38-10-3-2-7-32-16-18-4-5-25(22(28)12-18)39-27(29,30)31/h4-6,8,12-15,17,32-33H,2-3,7,9-11,16H2,1H3,(H,35,36). The number of hydrogen-bond acceptors (Lipinski definition) is 7. The molecule has 0 bridgehead atoms. The number of hydrogen-bond donors (Lipinski definition) is 3. The van der Waals surface area contributed by atoms with E-state index in [0.717, 1.165) is 52.7 Å². The van der Waals surface area contributed by atoms with Gasteiger partial charge in [-0.1, -0.05) is 17.7 Å². The van der Waals surface area contributed by atoms with Crippen LogP contribution >= 0.6 is 11.6 Å². The van der Waals surface area contributed by atoms with Crippen LogP contribution in [0.4, 0.5) is 18.9 Å². The van der Waals surface area contributed by atoms with E-state index in [-0.39, 0.29) is 5.02 Å². The number of fused-ring (bicyclic) bond motifs is 1. The molecule has 2 aromatic heterocycles. The van der Waals surface area contributed by atoms with Gasteiger partial charge in [0.1, 0.15) is 5.75 Å². The van der Waals surface area contributed by atoms with Gasteiger partial charge in [0, 0.05) is 43.0 Å². The molecule has 0 amide bonds. The maximum atomic E-state index is 12.3. The minimum Gasteiger partial charge on any atom is -0.481 e. The molecule has 0 aliphatic rings. The van der Waals surface area contributed by atoms with Crippen molar-refractivity contribution in [2.75, 3.05) is 38.7 Å². The number of nitrogens with zero attached hydrogens (tertiary/aromatic N) is 2. The Kier molecular flexibility index (Phi) is 9.85.